The van der Waals surface area contributed by atoms with Crippen molar-refractivity contribution in [2.45, 2.75) is 419 Å². The van der Waals surface area contributed by atoms with Gasteiger partial charge in [0.15, 0.2) is 12.2 Å². The number of aliphatic hydroxyl groups excluding tert-OH is 1. The predicted molar refractivity (Wildman–Crippen MR) is 386 cm³/mol. The van der Waals surface area contributed by atoms with Crippen LogP contribution in [0, 0.1) is 5.92 Å². The molecule has 0 heterocycles. The van der Waals surface area contributed by atoms with E-state index in [9.17, 15) is 43.2 Å². The summed E-state index contributed by atoms with van der Waals surface area (Å²) in [4.78, 5) is 72.7. The number of hydrogen-bond donors (Lipinski definition) is 3. The number of carbonyl (C=O) groups is 4. The molecule has 3 unspecified atom stereocenters. The van der Waals surface area contributed by atoms with E-state index in [0.29, 0.717) is 25.7 Å². The summed E-state index contributed by atoms with van der Waals surface area (Å²) in [7, 11) is -9.91. The van der Waals surface area contributed by atoms with Gasteiger partial charge in [-0.1, -0.05) is 349 Å². The zero-order valence-electron chi connectivity index (χ0n) is 61.8. The van der Waals surface area contributed by atoms with Gasteiger partial charge in [-0.15, -0.1) is 0 Å². The quantitative estimate of drug-likeness (QED) is 0.0222. The van der Waals surface area contributed by atoms with E-state index in [1.165, 1.54) is 225 Å². The Morgan fingerprint density at radius 3 is 0.747 bits per heavy atom. The van der Waals surface area contributed by atoms with Crippen LogP contribution in [0.1, 0.15) is 401 Å². The van der Waals surface area contributed by atoms with E-state index in [-0.39, 0.29) is 25.7 Å². The third-order valence-corrected chi connectivity index (χ3v) is 20.0. The number of phosphoric acid groups is 2. The molecule has 0 aliphatic carbocycles. The van der Waals surface area contributed by atoms with Gasteiger partial charge in [-0.05, 0) is 31.6 Å². The first-order valence-corrected chi connectivity index (χ1v) is 42.7. The fourth-order valence-electron chi connectivity index (χ4n) is 11.7. The lowest BCUT2D eigenvalue weighted by molar-refractivity contribution is -0.161. The molecule has 0 saturated heterocycles. The number of carbonyl (C=O) groups excluding carboxylic acids is 4. The summed E-state index contributed by atoms with van der Waals surface area (Å²) in [5.74, 6) is -1.40. The summed E-state index contributed by atoms with van der Waals surface area (Å²) < 4.78 is 68.4. The van der Waals surface area contributed by atoms with Crippen LogP contribution in [0.2, 0.25) is 0 Å². The Balaban J connectivity index is 5.20. The summed E-state index contributed by atoms with van der Waals surface area (Å²) in [5, 5.41) is 10.6. The predicted octanol–water partition coefficient (Wildman–Crippen LogP) is 22.5. The van der Waals surface area contributed by atoms with Gasteiger partial charge in [0.2, 0.25) is 0 Å². The molecule has 0 aromatic carbocycles. The van der Waals surface area contributed by atoms with Gasteiger partial charge in [0, 0.05) is 25.7 Å². The number of phosphoric ester groups is 2. The van der Waals surface area contributed by atoms with Crippen molar-refractivity contribution in [1.29, 1.82) is 0 Å². The molecule has 0 aromatic heterocycles. The zero-order chi connectivity index (χ0) is 69.8. The van der Waals surface area contributed by atoms with E-state index >= 15 is 0 Å². The first kappa shape index (κ1) is 93.1. The van der Waals surface area contributed by atoms with Crippen molar-refractivity contribution in [3.8, 4) is 0 Å². The molecule has 0 rings (SSSR count). The normalized spacial score (nSPS) is 14.2. The lowest BCUT2D eigenvalue weighted by Gasteiger charge is -2.21. The summed E-state index contributed by atoms with van der Waals surface area (Å²) in [5.41, 5.74) is 0. The molecule has 0 aliphatic rings. The lowest BCUT2D eigenvalue weighted by Crippen LogP contribution is -2.30. The zero-order valence-corrected chi connectivity index (χ0v) is 63.6. The molecule has 3 N–H and O–H groups in total. The highest BCUT2D eigenvalue weighted by molar-refractivity contribution is 7.47. The SMILES string of the molecule is CCCCCCCCCCCCCCCCCCCCCC(=O)O[C@H](COC(=O)CCCCCCCCCCCCCCCCCCC)COP(=O)(O)OC[C@@H](O)COP(=O)(O)OC[C@@H](COC(=O)CCCCCCCCCCC)OC(=O)CCCCCCCCC(C)CC. The van der Waals surface area contributed by atoms with Crippen LogP contribution in [-0.4, -0.2) is 96.7 Å². The molecule has 0 saturated carbocycles. The average Bonchev–Trinajstić information content (AvgIpc) is 2.47. The topological polar surface area (TPSA) is 237 Å². The molecule has 0 fully saturated rings. The molecule has 95 heavy (non-hydrogen) atoms. The third kappa shape index (κ3) is 69.0. The van der Waals surface area contributed by atoms with Crippen LogP contribution < -0.4 is 0 Å². The minimum Gasteiger partial charge on any atom is -0.462 e. The number of ether oxygens (including phenoxy) is 4. The van der Waals surface area contributed by atoms with Crippen molar-refractivity contribution in [1.82, 2.24) is 0 Å². The molecule has 0 amide bonds. The van der Waals surface area contributed by atoms with E-state index < -0.39 is 97.5 Å². The van der Waals surface area contributed by atoms with Crippen LogP contribution in [-0.2, 0) is 65.4 Å². The molecule has 0 spiro atoms. The molecule has 0 aromatic rings. The van der Waals surface area contributed by atoms with Crippen LogP contribution in [0.15, 0.2) is 0 Å². The van der Waals surface area contributed by atoms with Gasteiger partial charge in [0.1, 0.15) is 19.3 Å². The van der Waals surface area contributed by atoms with E-state index in [1.807, 2.05) is 0 Å². The van der Waals surface area contributed by atoms with Gasteiger partial charge in [0.05, 0.1) is 26.4 Å². The molecular formula is C76H148O17P2. The van der Waals surface area contributed by atoms with Crippen LogP contribution >= 0.6 is 15.6 Å². The van der Waals surface area contributed by atoms with Gasteiger partial charge in [-0.25, -0.2) is 9.13 Å². The van der Waals surface area contributed by atoms with Gasteiger partial charge in [-0.3, -0.25) is 37.3 Å². The molecule has 6 atom stereocenters. The summed E-state index contributed by atoms with van der Waals surface area (Å²) in [6.07, 6.45) is 58.4. The van der Waals surface area contributed by atoms with Crippen molar-refractivity contribution in [2.75, 3.05) is 39.6 Å². The standard InChI is InChI=1S/C76H148O17P2/c1-6-10-13-16-19-22-24-26-28-30-31-33-35-37-39-42-45-51-56-61-75(80)92-71(65-87-74(79)60-55-50-44-41-38-36-34-32-29-27-25-23-20-17-14-11-7-2)67-90-94(82,83)88-63-70(77)64-89-95(84,85)91-68-72(66-86-73(78)59-54-49-43-40-21-18-15-12-8-3)93-76(81)62-57-52-47-46-48-53-58-69(5)9-4/h69-72,77H,6-68H2,1-5H3,(H,82,83)(H,84,85)/t69?,70-,71-,72-/m1/s1. The van der Waals surface area contributed by atoms with E-state index in [0.717, 1.165) is 95.8 Å². The Hall–Kier alpha value is -1.94. The van der Waals surface area contributed by atoms with Crippen molar-refractivity contribution in [2.24, 2.45) is 5.92 Å². The number of hydrogen-bond acceptors (Lipinski definition) is 15. The molecule has 0 bridgehead atoms. The second-order valence-electron chi connectivity index (χ2n) is 27.6. The summed E-state index contributed by atoms with van der Waals surface area (Å²) in [6.45, 7) is 7.23. The summed E-state index contributed by atoms with van der Waals surface area (Å²) in [6, 6.07) is 0. The highest BCUT2D eigenvalue weighted by atomic mass is 31.2. The Bertz CT molecular complexity index is 1820. The van der Waals surface area contributed by atoms with E-state index in [2.05, 4.69) is 34.6 Å². The maximum atomic E-state index is 13.1. The molecular weight excluding hydrogens is 1250 g/mol. The average molecular weight is 1400 g/mol. The van der Waals surface area contributed by atoms with Crippen molar-refractivity contribution in [3.63, 3.8) is 0 Å². The van der Waals surface area contributed by atoms with Crippen molar-refractivity contribution in [3.05, 3.63) is 0 Å². The molecule has 19 heteroatoms. The number of aliphatic hydroxyl groups is 1. The van der Waals surface area contributed by atoms with Crippen LogP contribution in [0.3, 0.4) is 0 Å². The molecule has 0 radical (unpaired) electrons. The van der Waals surface area contributed by atoms with E-state index in [1.54, 1.807) is 0 Å². The fraction of sp³-hybridized carbons (Fsp3) is 0.947. The second-order valence-corrected chi connectivity index (χ2v) is 30.5. The highest BCUT2D eigenvalue weighted by Gasteiger charge is 2.30. The monoisotopic (exact) mass is 1400 g/mol. The van der Waals surface area contributed by atoms with Crippen LogP contribution in [0.4, 0.5) is 0 Å². The Kier molecular flexibility index (Phi) is 67.7. The molecule has 17 nitrogen and oxygen atoms in total. The number of esters is 4. The van der Waals surface area contributed by atoms with Crippen molar-refractivity contribution < 1.29 is 80.2 Å². The van der Waals surface area contributed by atoms with Gasteiger partial charge in [0.25, 0.3) is 0 Å². The third-order valence-electron chi connectivity index (χ3n) is 18.1. The number of unbranched alkanes of at least 4 members (excludes halogenated alkanes) is 47. The highest BCUT2D eigenvalue weighted by Crippen LogP contribution is 2.45. The van der Waals surface area contributed by atoms with E-state index in [4.69, 9.17) is 37.0 Å². The maximum absolute atomic E-state index is 13.1. The first-order chi connectivity index (χ1) is 46.1. The molecule has 0 aliphatic heterocycles. The van der Waals surface area contributed by atoms with Crippen LogP contribution in [0.25, 0.3) is 0 Å². The minimum absolute atomic E-state index is 0.103. The first-order valence-electron chi connectivity index (χ1n) is 39.7. The largest absolute Gasteiger partial charge is 0.472 e. The van der Waals surface area contributed by atoms with Gasteiger partial charge < -0.3 is 33.8 Å². The Morgan fingerprint density at radius 2 is 0.505 bits per heavy atom. The Morgan fingerprint density at radius 1 is 0.295 bits per heavy atom. The lowest BCUT2D eigenvalue weighted by atomic mass is 10.00. The fourth-order valence-corrected chi connectivity index (χ4v) is 13.3. The van der Waals surface area contributed by atoms with Crippen molar-refractivity contribution >= 4 is 39.5 Å². The van der Waals surface area contributed by atoms with Gasteiger partial charge >= 0.3 is 39.5 Å². The summed E-state index contributed by atoms with van der Waals surface area (Å²) >= 11 is 0. The maximum Gasteiger partial charge on any atom is 0.472 e. The number of rotatable bonds is 76. The van der Waals surface area contributed by atoms with Crippen LogP contribution in [0.5, 0.6) is 0 Å². The smallest absolute Gasteiger partial charge is 0.462 e. The second kappa shape index (κ2) is 69.2. The van der Waals surface area contributed by atoms with Gasteiger partial charge in [-0.2, -0.15) is 0 Å². The minimum atomic E-state index is -4.96. The molecule has 564 valence electrons. The Labute approximate surface area is 581 Å².